The summed E-state index contributed by atoms with van der Waals surface area (Å²) in [5.74, 6) is 0.930. The van der Waals surface area contributed by atoms with E-state index in [-0.39, 0.29) is 0 Å². The number of likely N-dealkylation sites (tertiary alicyclic amines) is 1. The first kappa shape index (κ1) is 14.8. The lowest BCUT2D eigenvalue weighted by Gasteiger charge is -2.47. The normalized spacial score (nSPS) is 35.1. The predicted octanol–water partition coefficient (Wildman–Crippen LogP) is 1.47. The molecule has 2 saturated heterocycles. The second-order valence-corrected chi connectivity index (χ2v) is 7.11. The molecule has 116 valence electrons. The average Bonchev–Trinajstić information content (AvgIpc) is 2.41. The molecule has 0 N–H and O–H groups in total. The predicted molar refractivity (Wildman–Crippen MR) is 81.8 cm³/mol. The minimum atomic E-state index is 0.532. The molecule has 0 spiro atoms. The molecule has 3 fully saturated rings. The van der Waals surface area contributed by atoms with Crippen molar-refractivity contribution in [1.29, 1.82) is 0 Å². The van der Waals surface area contributed by atoms with Crippen LogP contribution in [0.1, 0.15) is 32.1 Å². The molecule has 0 aromatic rings. The summed E-state index contributed by atoms with van der Waals surface area (Å²) in [6, 6.07) is 0.792. The Morgan fingerprint density at radius 2 is 1.80 bits per heavy atom. The van der Waals surface area contributed by atoms with Gasteiger partial charge in [-0.25, -0.2) is 0 Å². The highest BCUT2D eigenvalue weighted by atomic mass is 16.5. The third kappa shape index (κ3) is 3.53. The van der Waals surface area contributed by atoms with Crippen molar-refractivity contribution < 1.29 is 4.74 Å². The van der Waals surface area contributed by atoms with E-state index in [1.54, 1.807) is 0 Å². The molecule has 0 bridgehead atoms. The van der Waals surface area contributed by atoms with Crippen LogP contribution in [0.15, 0.2) is 0 Å². The molecule has 4 heteroatoms. The van der Waals surface area contributed by atoms with E-state index in [0.717, 1.165) is 12.0 Å². The topological polar surface area (TPSA) is 19.0 Å². The molecule has 0 amide bonds. The molecule has 2 heterocycles. The summed E-state index contributed by atoms with van der Waals surface area (Å²) in [5, 5.41) is 0. The van der Waals surface area contributed by atoms with Crippen LogP contribution in [-0.4, -0.2) is 80.4 Å². The van der Waals surface area contributed by atoms with Crippen molar-refractivity contribution >= 4 is 0 Å². The maximum absolute atomic E-state index is 5.42. The largest absolute Gasteiger partial charge is 0.381 e. The first-order valence-corrected chi connectivity index (χ1v) is 8.42. The monoisotopic (exact) mass is 281 g/mol. The van der Waals surface area contributed by atoms with Crippen LogP contribution < -0.4 is 0 Å². The lowest BCUT2D eigenvalue weighted by molar-refractivity contribution is -0.0581. The average molecular weight is 281 g/mol. The van der Waals surface area contributed by atoms with Crippen LogP contribution in [0.5, 0.6) is 0 Å². The fraction of sp³-hybridized carbons (Fsp3) is 1.00. The molecule has 1 aliphatic carbocycles. The highest BCUT2D eigenvalue weighted by molar-refractivity contribution is 4.89. The molecule has 1 saturated carbocycles. The van der Waals surface area contributed by atoms with Gasteiger partial charge in [-0.2, -0.15) is 0 Å². The number of hydrogen-bond donors (Lipinski definition) is 0. The smallest absolute Gasteiger partial charge is 0.0601 e. The second-order valence-electron chi connectivity index (χ2n) is 7.11. The van der Waals surface area contributed by atoms with Gasteiger partial charge in [0.05, 0.1) is 12.8 Å². The molecule has 0 radical (unpaired) electrons. The summed E-state index contributed by atoms with van der Waals surface area (Å²) in [5.41, 5.74) is 0. The number of methoxy groups -OCH3 is 1. The van der Waals surface area contributed by atoms with Gasteiger partial charge < -0.3 is 9.64 Å². The van der Waals surface area contributed by atoms with Crippen LogP contribution in [0.4, 0.5) is 0 Å². The van der Waals surface area contributed by atoms with E-state index in [2.05, 4.69) is 21.7 Å². The highest BCUT2D eigenvalue weighted by Crippen LogP contribution is 2.29. The Kier molecular flexibility index (Phi) is 4.97. The third-order valence-electron chi connectivity index (χ3n) is 5.58. The highest BCUT2D eigenvalue weighted by Gasteiger charge is 2.35. The summed E-state index contributed by atoms with van der Waals surface area (Å²) in [7, 11) is 4.10. The lowest BCUT2D eigenvalue weighted by Crippen LogP contribution is -2.55. The van der Waals surface area contributed by atoms with Crippen LogP contribution in [0.3, 0.4) is 0 Å². The minimum absolute atomic E-state index is 0.532. The number of rotatable bonds is 4. The molecule has 0 atom stereocenters. The summed E-state index contributed by atoms with van der Waals surface area (Å²) >= 11 is 0. The fourth-order valence-electron chi connectivity index (χ4n) is 3.98. The van der Waals surface area contributed by atoms with Crippen molar-refractivity contribution in [2.45, 2.75) is 44.2 Å². The van der Waals surface area contributed by atoms with E-state index in [9.17, 15) is 0 Å². The fourth-order valence-corrected chi connectivity index (χ4v) is 3.98. The van der Waals surface area contributed by atoms with E-state index in [1.807, 2.05) is 7.11 Å². The van der Waals surface area contributed by atoms with Gasteiger partial charge in [0.15, 0.2) is 0 Å². The zero-order valence-electron chi connectivity index (χ0n) is 13.3. The molecule has 0 unspecified atom stereocenters. The molecule has 20 heavy (non-hydrogen) atoms. The van der Waals surface area contributed by atoms with Crippen LogP contribution in [-0.2, 0) is 4.74 Å². The van der Waals surface area contributed by atoms with Crippen molar-refractivity contribution in [2.24, 2.45) is 5.92 Å². The van der Waals surface area contributed by atoms with Gasteiger partial charge in [0, 0.05) is 32.8 Å². The van der Waals surface area contributed by atoms with E-state index in [0.29, 0.717) is 6.10 Å². The van der Waals surface area contributed by atoms with Crippen molar-refractivity contribution in [3.05, 3.63) is 0 Å². The van der Waals surface area contributed by atoms with Gasteiger partial charge in [0.2, 0.25) is 0 Å². The molecular weight excluding hydrogens is 250 g/mol. The molecule has 0 aromatic heterocycles. The quantitative estimate of drug-likeness (QED) is 0.777. The van der Waals surface area contributed by atoms with E-state index < -0.39 is 0 Å². The Morgan fingerprint density at radius 1 is 1.05 bits per heavy atom. The zero-order valence-corrected chi connectivity index (χ0v) is 13.3. The van der Waals surface area contributed by atoms with Crippen molar-refractivity contribution in [1.82, 2.24) is 14.7 Å². The first-order chi connectivity index (χ1) is 9.74. The molecule has 2 aliphatic heterocycles. The molecular formula is C16H31N3O. The Bertz CT molecular complexity index is 298. The van der Waals surface area contributed by atoms with Gasteiger partial charge in [0.1, 0.15) is 0 Å². The number of ether oxygens (including phenoxy) is 1. The van der Waals surface area contributed by atoms with E-state index in [4.69, 9.17) is 4.74 Å². The maximum Gasteiger partial charge on any atom is 0.0601 e. The van der Waals surface area contributed by atoms with Crippen LogP contribution >= 0.6 is 0 Å². The molecule has 4 nitrogen and oxygen atoms in total. The van der Waals surface area contributed by atoms with Gasteiger partial charge in [-0.05, 0) is 58.2 Å². The summed E-state index contributed by atoms with van der Waals surface area (Å²) in [6.45, 7) is 7.72. The Balaban J connectivity index is 1.42. The minimum Gasteiger partial charge on any atom is -0.381 e. The summed E-state index contributed by atoms with van der Waals surface area (Å²) < 4.78 is 5.42. The number of piperidine rings is 1. The molecule has 3 rings (SSSR count). The van der Waals surface area contributed by atoms with Crippen LogP contribution in [0.2, 0.25) is 0 Å². The maximum atomic E-state index is 5.42. The first-order valence-electron chi connectivity index (χ1n) is 8.42. The Morgan fingerprint density at radius 3 is 2.50 bits per heavy atom. The molecule has 0 aromatic carbocycles. The second kappa shape index (κ2) is 6.73. The summed E-state index contributed by atoms with van der Waals surface area (Å²) in [6.07, 6.45) is 7.16. The SMILES string of the molecule is CO[C@H]1C[C@H](N2CCCN(CC3CCN(C)CC3)C2)C1. The zero-order chi connectivity index (χ0) is 13.9. The molecule has 3 aliphatic rings. The van der Waals surface area contributed by atoms with Gasteiger partial charge in [-0.1, -0.05) is 0 Å². The van der Waals surface area contributed by atoms with Gasteiger partial charge >= 0.3 is 0 Å². The lowest BCUT2D eigenvalue weighted by atomic mass is 9.87. The van der Waals surface area contributed by atoms with Crippen LogP contribution in [0, 0.1) is 5.92 Å². The summed E-state index contributed by atoms with van der Waals surface area (Å²) in [4.78, 5) is 7.88. The standard InChI is InChI=1S/C16H31N3O/c1-17-8-4-14(5-9-17)12-18-6-3-7-19(13-18)15-10-16(11-15)20-2/h14-16H,3-13H2,1-2H3/t15-,16-. The van der Waals surface area contributed by atoms with Gasteiger partial charge in [-0.3, -0.25) is 9.80 Å². The van der Waals surface area contributed by atoms with E-state index in [1.165, 1.54) is 71.5 Å². The van der Waals surface area contributed by atoms with Gasteiger partial charge in [-0.15, -0.1) is 0 Å². The van der Waals surface area contributed by atoms with Crippen LogP contribution in [0.25, 0.3) is 0 Å². The van der Waals surface area contributed by atoms with Crippen molar-refractivity contribution in [3.8, 4) is 0 Å². The van der Waals surface area contributed by atoms with Crippen molar-refractivity contribution in [2.75, 3.05) is 53.5 Å². The third-order valence-corrected chi connectivity index (χ3v) is 5.58. The van der Waals surface area contributed by atoms with E-state index >= 15 is 0 Å². The number of hydrogen-bond acceptors (Lipinski definition) is 4. The van der Waals surface area contributed by atoms with Gasteiger partial charge in [0.25, 0.3) is 0 Å². The Hall–Kier alpha value is -0.160. The van der Waals surface area contributed by atoms with Crippen molar-refractivity contribution in [3.63, 3.8) is 0 Å². The number of nitrogens with zero attached hydrogens (tertiary/aromatic N) is 3. The Labute approximate surface area is 124 Å².